The minimum absolute atomic E-state index is 0.0493. The first kappa shape index (κ1) is 13.0. The zero-order chi connectivity index (χ0) is 13.0. The van der Waals surface area contributed by atoms with E-state index in [1.165, 1.54) is 12.1 Å². The van der Waals surface area contributed by atoms with Gasteiger partial charge in [-0.3, -0.25) is 11.3 Å². The van der Waals surface area contributed by atoms with Crippen molar-refractivity contribution in [2.45, 2.75) is 12.5 Å². The Labute approximate surface area is 111 Å². The fraction of sp³-hybridized carbons (Fsp3) is 0.143. The van der Waals surface area contributed by atoms with Gasteiger partial charge in [-0.1, -0.05) is 35.9 Å². The molecule has 0 heterocycles. The zero-order valence-corrected chi connectivity index (χ0v) is 10.5. The molecule has 2 rings (SSSR count). The molecule has 0 aliphatic rings. The SMILES string of the molecule is NNC(Cc1ccc(Cl)cc1)c1ccc(F)cc1. The highest BCUT2D eigenvalue weighted by Crippen LogP contribution is 2.19. The highest BCUT2D eigenvalue weighted by molar-refractivity contribution is 6.30. The summed E-state index contributed by atoms with van der Waals surface area (Å²) in [7, 11) is 0. The average Bonchev–Trinajstić information content (AvgIpc) is 2.39. The molecule has 2 aromatic rings. The molecule has 0 saturated heterocycles. The third-order valence-corrected chi connectivity index (χ3v) is 3.08. The van der Waals surface area contributed by atoms with E-state index in [-0.39, 0.29) is 11.9 Å². The van der Waals surface area contributed by atoms with Crippen molar-refractivity contribution in [3.8, 4) is 0 Å². The van der Waals surface area contributed by atoms with Crippen LogP contribution in [0.3, 0.4) is 0 Å². The fourth-order valence-electron chi connectivity index (χ4n) is 1.82. The van der Waals surface area contributed by atoms with E-state index in [0.29, 0.717) is 5.02 Å². The van der Waals surface area contributed by atoms with E-state index in [9.17, 15) is 4.39 Å². The molecule has 94 valence electrons. The molecule has 0 spiro atoms. The van der Waals surface area contributed by atoms with Gasteiger partial charge in [-0.05, 0) is 41.8 Å². The molecule has 1 unspecified atom stereocenters. The molecule has 1 atom stereocenters. The van der Waals surface area contributed by atoms with Gasteiger partial charge in [-0.15, -0.1) is 0 Å². The summed E-state index contributed by atoms with van der Waals surface area (Å²) in [5.74, 6) is 5.30. The van der Waals surface area contributed by atoms with E-state index in [0.717, 1.165) is 17.5 Å². The summed E-state index contributed by atoms with van der Waals surface area (Å²) < 4.78 is 12.9. The van der Waals surface area contributed by atoms with Gasteiger partial charge >= 0.3 is 0 Å². The van der Waals surface area contributed by atoms with Gasteiger partial charge in [0.15, 0.2) is 0 Å². The maximum absolute atomic E-state index is 12.9. The van der Waals surface area contributed by atoms with Gasteiger partial charge in [-0.25, -0.2) is 4.39 Å². The number of hydrogen-bond donors (Lipinski definition) is 2. The summed E-state index contributed by atoms with van der Waals surface area (Å²) in [6.07, 6.45) is 0.722. The highest BCUT2D eigenvalue weighted by Gasteiger charge is 2.10. The minimum atomic E-state index is -0.249. The molecule has 18 heavy (non-hydrogen) atoms. The number of benzene rings is 2. The summed E-state index contributed by atoms with van der Waals surface area (Å²) in [6, 6.07) is 13.9. The Balaban J connectivity index is 2.14. The van der Waals surface area contributed by atoms with Crippen molar-refractivity contribution in [2.75, 3.05) is 0 Å². The molecular weight excluding hydrogens is 251 g/mol. The van der Waals surface area contributed by atoms with E-state index in [4.69, 9.17) is 17.4 Å². The fourth-order valence-corrected chi connectivity index (χ4v) is 1.95. The van der Waals surface area contributed by atoms with Crippen molar-refractivity contribution in [1.82, 2.24) is 5.43 Å². The van der Waals surface area contributed by atoms with Crippen LogP contribution in [0, 0.1) is 5.82 Å². The number of halogens is 2. The van der Waals surface area contributed by atoms with Crippen LogP contribution in [0.5, 0.6) is 0 Å². The number of nitrogens with two attached hydrogens (primary N) is 1. The Morgan fingerprint density at radius 1 is 1.06 bits per heavy atom. The first-order chi connectivity index (χ1) is 8.69. The molecule has 0 radical (unpaired) electrons. The van der Waals surface area contributed by atoms with Crippen LogP contribution < -0.4 is 11.3 Å². The van der Waals surface area contributed by atoms with Gasteiger partial charge in [0.05, 0.1) is 0 Å². The Kier molecular flexibility index (Phi) is 4.31. The summed E-state index contributed by atoms with van der Waals surface area (Å²) in [4.78, 5) is 0. The second-order valence-electron chi connectivity index (χ2n) is 4.10. The van der Waals surface area contributed by atoms with Crippen molar-refractivity contribution in [2.24, 2.45) is 5.84 Å². The predicted molar refractivity (Wildman–Crippen MR) is 71.6 cm³/mol. The van der Waals surface area contributed by atoms with Crippen LogP contribution in [0.2, 0.25) is 5.02 Å². The maximum atomic E-state index is 12.9. The van der Waals surface area contributed by atoms with Crippen LogP contribution in [-0.4, -0.2) is 0 Å². The van der Waals surface area contributed by atoms with Crippen LogP contribution in [0.15, 0.2) is 48.5 Å². The lowest BCUT2D eigenvalue weighted by Crippen LogP contribution is -2.29. The van der Waals surface area contributed by atoms with E-state index in [1.807, 2.05) is 24.3 Å². The molecule has 0 amide bonds. The van der Waals surface area contributed by atoms with Crippen LogP contribution >= 0.6 is 11.6 Å². The Hall–Kier alpha value is -1.42. The summed E-state index contributed by atoms with van der Waals surface area (Å²) >= 11 is 5.83. The predicted octanol–water partition coefficient (Wildman–Crippen LogP) is 3.23. The van der Waals surface area contributed by atoms with E-state index < -0.39 is 0 Å². The van der Waals surface area contributed by atoms with Crippen LogP contribution in [0.25, 0.3) is 0 Å². The first-order valence-electron chi connectivity index (χ1n) is 5.65. The Morgan fingerprint density at radius 3 is 2.22 bits per heavy atom. The number of rotatable bonds is 4. The monoisotopic (exact) mass is 264 g/mol. The zero-order valence-electron chi connectivity index (χ0n) is 9.74. The Bertz CT molecular complexity index is 496. The molecular formula is C14H14ClFN2. The summed E-state index contributed by atoms with van der Waals surface area (Å²) in [5, 5.41) is 0.706. The second-order valence-corrected chi connectivity index (χ2v) is 4.54. The third kappa shape index (κ3) is 3.29. The topological polar surface area (TPSA) is 38.0 Å². The molecule has 4 heteroatoms. The normalized spacial score (nSPS) is 12.4. The van der Waals surface area contributed by atoms with Gasteiger partial charge in [0.25, 0.3) is 0 Å². The van der Waals surface area contributed by atoms with Crippen molar-refractivity contribution >= 4 is 11.6 Å². The van der Waals surface area contributed by atoms with Gasteiger partial charge < -0.3 is 0 Å². The van der Waals surface area contributed by atoms with Crippen molar-refractivity contribution < 1.29 is 4.39 Å². The molecule has 0 aliphatic carbocycles. The van der Waals surface area contributed by atoms with Gasteiger partial charge in [0.2, 0.25) is 0 Å². The van der Waals surface area contributed by atoms with Crippen molar-refractivity contribution in [1.29, 1.82) is 0 Å². The van der Waals surface area contributed by atoms with Crippen molar-refractivity contribution in [3.05, 3.63) is 70.5 Å². The molecule has 0 bridgehead atoms. The van der Waals surface area contributed by atoms with E-state index in [1.54, 1.807) is 12.1 Å². The summed E-state index contributed by atoms with van der Waals surface area (Å²) in [6.45, 7) is 0. The lowest BCUT2D eigenvalue weighted by atomic mass is 9.99. The minimum Gasteiger partial charge on any atom is -0.271 e. The molecule has 0 aliphatic heterocycles. The smallest absolute Gasteiger partial charge is 0.123 e. The lowest BCUT2D eigenvalue weighted by Gasteiger charge is -2.16. The highest BCUT2D eigenvalue weighted by atomic mass is 35.5. The second kappa shape index (κ2) is 5.96. The van der Waals surface area contributed by atoms with Gasteiger partial charge in [-0.2, -0.15) is 0 Å². The van der Waals surface area contributed by atoms with Crippen LogP contribution in [0.1, 0.15) is 17.2 Å². The van der Waals surface area contributed by atoms with Gasteiger partial charge in [0.1, 0.15) is 5.82 Å². The Morgan fingerprint density at radius 2 is 1.67 bits per heavy atom. The number of hydrazine groups is 1. The number of nitrogens with one attached hydrogen (secondary N) is 1. The summed E-state index contributed by atoms with van der Waals surface area (Å²) in [5.41, 5.74) is 4.82. The molecule has 2 nitrogen and oxygen atoms in total. The van der Waals surface area contributed by atoms with E-state index >= 15 is 0 Å². The van der Waals surface area contributed by atoms with Crippen LogP contribution in [-0.2, 0) is 6.42 Å². The third-order valence-electron chi connectivity index (χ3n) is 2.83. The van der Waals surface area contributed by atoms with Gasteiger partial charge in [0, 0.05) is 11.1 Å². The number of hydrogen-bond acceptors (Lipinski definition) is 2. The molecule has 2 aromatic carbocycles. The quantitative estimate of drug-likeness (QED) is 0.657. The molecule has 0 aromatic heterocycles. The lowest BCUT2D eigenvalue weighted by molar-refractivity contribution is 0.549. The largest absolute Gasteiger partial charge is 0.271 e. The molecule has 0 fully saturated rings. The molecule has 0 saturated carbocycles. The van der Waals surface area contributed by atoms with Crippen LogP contribution in [0.4, 0.5) is 4.39 Å². The average molecular weight is 265 g/mol. The van der Waals surface area contributed by atoms with Crippen molar-refractivity contribution in [3.63, 3.8) is 0 Å². The standard InChI is InChI=1S/C14H14ClFN2/c15-12-5-1-10(2-6-12)9-14(18-17)11-3-7-13(16)8-4-11/h1-8,14,18H,9,17H2. The van der Waals surface area contributed by atoms with E-state index in [2.05, 4.69) is 5.43 Å². The molecule has 3 N–H and O–H groups in total. The maximum Gasteiger partial charge on any atom is 0.123 e. The first-order valence-corrected chi connectivity index (χ1v) is 6.03.